The van der Waals surface area contributed by atoms with Crippen LogP contribution in [-0.2, 0) is 20.5 Å². The van der Waals surface area contributed by atoms with E-state index in [-0.39, 0.29) is 6.54 Å². The molecule has 0 bridgehead atoms. The van der Waals surface area contributed by atoms with Gasteiger partial charge >= 0.3 is 175 Å². The molecule has 3 aromatic carbocycles. The number of pyridine rings is 1. The SMILES string of the molecule is Cc1ccccc1.O=S(=O)(O[Si-]12(c3ccccc3)Sc3ccccc3N1Cc1cccc[n+]12)C(F)(F)F. The predicted octanol–water partition coefficient (Wildman–Crippen LogP) is 5.11. The van der Waals surface area contributed by atoms with Crippen LogP contribution < -0.4 is 14.0 Å². The van der Waals surface area contributed by atoms with Gasteiger partial charge in [0.15, 0.2) is 0 Å². The van der Waals surface area contributed by atoms with Crippen molar-refractivity contribution in [1.82, 2.24) is 0 Å². The third kappa shape index (κ3) is 3.97. The van der Waals surface area contributed by atoms with Crippen LogP contribution in [0.3, 0.4) is 0 Å². The number of para-hydroxylation sites is 1. The Morgan fingerprint density at radius 3 is 2.08 bits per heavy atom. The van der Waals surface area contributed by atoms with Gasteiger partial charge in [-0.15, -0.1) is 0 Å². The number of hydrogen-bond acceptors (Lipinski definition) is 5. The molecule has 6 rings (SSSR count). The van der Waals surface area contributed by atoms with Gasteiger partial charge in [-0.25, -0.2) is 0 Å². The second-order valence-electron chi connectivity index (χ2n) is 8.70. The van der Waals surface area contributed by atoms with Crippen LogP contribution in [0.5, 0.6) is 0 Å². The molecule has 5 nitrogen and oxygen atoms in total. The fourth-order valence-corrected chi connectivity index (χ4v) is 18.1. The Hall–Kier alpha value is -3.12. The maximum absolute atomic E-state index is 13.6. The summed E-state index contributed by atoms with van der Waals surface area (Å²) < 4.78 is 74.7. The van der Waals surface area contributed by atoms with Crippen molar-refractivity contribution in [3.05, 3.63) is 121 Å². The first-order chi connectivity index (χ1) is 17.6. The monoisotopic (exact) mass is 560 g/mol. The third-order valence-electron chi connectivity index (χ3n) is 6.37. The first-order valence-corrected chi connectivity index (χ1v) is 16.6. The molecule has 192 valence electrons. The molecule has 0 unspecified atom stereocenters. The molecule has 37 heavy (non-hydrogen) atoms. The molecule has 0 N–H and O–H groups in total. The van der Waals surface area contributed by atoms with E-state index in [4.69, 9.17) is 3.87 Å². The topological polar surface area (TPSA) is 50.5 Å². The molecule has 2 aliphatic heterocycles. The van der Waals surface area contributed by atoms with E-state index < -0.39 is 22.7 Å². The Kier molecular flexibility index (Phi) is 6.22. The van der Waals surface area contributed by atoms with Crippen molar-refractivity contribution in [3.8, 4) is 0 Å². The summed E-state index contributed by atoms with van der Waals surface area (Å²) in [6, 6.07) is 30.9. The number of benzene rings is 3. The van der Waals surface area contributed by atoms with Crippen LogP contribution in [0.4, 0.5) is 18.9 Å². The van der Waals surface area contributed by atoms with Crippen molar-refractivity contribution in [2.24, 2.45) is 0 Å². The van der Waals surface area contributed by atoms with Gasteiger partial charge < -0.3 is 0 Å². The predicted molar refractivity (Wildman–Crippen MR) is 140 cm³/mol. The molecule has 0 saturated carbocycles. The molecule has 4 aromatic rings. The zero-order chi connectivity index (χ0) is 26.3. The molecular weight excluding hydrogens is 538 g/mol. The van der Waals surface area contributed by atoms with Gasteiger partial charge in [0.2, 0.25) is 0 Å². The van der Waals surface area contributed by atoms with Crippen LogP contribution in [-0.4, -0.2) is 21.0 Å². The minimum absolute atomic E-state index is 0.223. The molecule has 0 fully saturated rings. The van der Waals surface area contributed by atoms with Crippen molar-refractivity contribution in [1.29, 1.82) is 0 Å². The normalized spacial score (nSPS) is 17.8. The Morgan fingerprint density at radius 1 is 0.865 bits per heavy atom. The molecule has 0 spiro atoms. The van der Waals surface area contributed by atoms with Gasteiger partial charge in [-0.3, -0.25) is 0 Å². The molecule has 0 atom stereocenters. The van der Waals surface area contributed by atoms with E-state index in [0.29, 0.717) is 21.5 Å². The van der Waals surface area contributed by atoms with Crippen molar-refractivity contribution >= 4 is 39.3 Å². The number of fused-ring (bicyclic) bond motifs is 5. The van der Waals surface area contributed by atoms with Gasteiger partial charge in [0.25, 0.3) is 0 Å². The van der Waals surface area contributed by atoms with Crippen LogP contribution in [0.2, 0.25) is 0 Å². The van der Waals surface area contributed by atoms with E-state index in [0.717, 1.165) is 11.2 Å². The van der Waals surface area contributed by atoms with E-state index in [9.17, 15) is 21.6 Å². The maximum atomic E-state index is 13.6. The number of halogens is 3. The third-order valence-corrected chi connectivity index (χ3v) is 18.2. The first kappa shape index (κ1) is 25.5. The molecule has 0 saturated heterocycles. The van der Waals surface area contributed by atoms with Gasteiger partial charge in [0, 0.05) is 0 Å². The standard InChI is InChI=1S/C19H15F3N2O3S2Si.C7H8/c20-19(21,22)29(25,26)27-30(16-9-2-1-3-10-16)23-13-7-6-8-15(23)14-24(30)17-11-4-5-12-18(17)28-30;1-7-5-3-2-4-6-7/h1-13H,14H2;2-6H,1H3. The van der Waals surface area contributed by atoms with Gasteiger partial charge in [0.05, 0.1) is 0 Å². The number of aryl methyl sites for hydroxylation is 1. The summed E-state index contributed by atoms with van der Waals surface area (Å²) >= 11 is 1.08. The van der Waals surface area contributed by atoms with Crippen LogP contribution in [0.15, 0.2) is 114 Å². The summed E-state index contributed by atoms with van der Waals surface area (Å²) in [7, 11) is -10.9. The molecule has 11 heteroatoms. The zero-order valence-corrected chi connectivity index (χ0v) is 22.3. The van der Waals surface area contributed by atoms with E-state index in [1.165, 1.54) is 5.56 Å². The van der Waals surface area contributed by atoms with Crippen molar-refractivity contribution < 1.29 is 29.7 Å². The summed E-state index contributed by atoms with van der Waals surface area (Å²) in [6.45, 7) is 2.31. The number of rotatable bonds is 3. The minimum atomic E-state index is -5.93. The van der Waals surface area contributed by atoms with Gasteiger partial charge in [-0.05, 0) is 6.92 Å². The molecule has 0 amide bonds. The Labute approximate surface area is 217 Å². The molecule has 0 aliphatic carbocycles. The zero-order valence-electron chi connectivity index (χ0n) is 19.7. The fourth-order valence-electron chi connectivity index (χ4n) is 4.80. The van der Waals surface area contributed by atoms with Crippen molar-refractivity contribution in [3.63, 3.8) is 0 Å². The number of aromatic nitrogens is 1. The number of anilines is 1. The second-order valence-corrected chi connectivity index (χ2v) is 17.8. The Balaban J connectivity index is 0.000000348. The summed E-state index contributed by atoms with van der Waals surface area (Å²) in [4.78, 5) is 0.675. The van der Waals surface area contributed by atoms with Crippen LogP contribution in [0.1, 0.15) is 11.3 Å². The molecule has 3 heterocycles. The van der Waals surface area contributed by atoms with Gasteiger partial charge in [-0.2, -0.15) is 0 Å². The van der Waals surface area contributed by atoms with Crippen molar-refractivity contribution in [2.45, 2.75) is 23.9 Å². The summed E-state index contributed by atoms with van der Waals surface area (Å²) in [5.41, 5.74) is -2.91. The summed E-state index contributed by atoms with van der Waals surface area (Å²) in [6.07, 6.45) is 1.61. The Bertz CT molecular complexity index is 1560. The molecular formula is C26H23F3N2O3S2Si. The fraction of sp³-hybridized carbons (Fsp3) is 0.115. The van der Waals surface area contributed by atoms with Gasteiger partial charge in [-0.1, -0.05) is 35.9 Å². The summed E-state index contributed by atoms with van der Waals surface area (Å²) in [5, 5.41) is 0.404. The van der Waals surface area contributed by atoms with E-state index in [1.807, 2.05) is 18.2 Å². The van der Waals surface area contributed by atoms with Crippen LogP contribution >= 0.6 is 11.2 Å². The van der Waals surface area contributed by atoms with E-state index in [2.05, 4.69) is 19.1 Å². The molecule has 1 aromatic heterocycles. The number of nitrogens with zero attached hydrogens (tertiary/aromatic N) is 2. The second kappa shape index (κ2) is 9.01. The van der Waals surface area contributed by atoms with Crippen molar-refractivity contribution in [2.75, 3.05) is 4.57 Å². The number of hydrogen-bond donors (Lipinski definition) is 0. The number of alkyl halides is 3. The first-order valence-electron chi connectivity index (χ1n) is 11.4. The Morgan fingerprint density at radius 2 is 1.46 bits per heavy atom. The summed E-state index contributed by atoms with van der Waals surface area (Å²) in [5.74, 6) is 0. The van der Waals surface area contributed by atoms with Crippen LogP contribution in [0, 0.1) is 6.92 Å². The average molecular weight is 561 g/mol. The molecule has 0 radical (unpaired) electrons. The molecule has 2 aliphatic rings. The van der Waals surface area contributed by atoms with E-state index >= 15 is 0 Å². The van der Waals surface area contributed by atoms with E-state index in [1.54, 1.807) is 87.8 Å². The quantitative estimate of drug-likeness (QED) is 0.258. The van der Waals surface area contributed by atoms with Gasteiger partial charge in [0.1, 0.15) is 0 Å². The average Bonchev–Trinajstić information content (AvgIpc) is 3.31. The van der Waals surface area contributed by atoms with Crippen LogP contribution in [0.25, 0.3) is 0 Å².